The van der Waals surface area contributed by atoms with Crippen molar-refractivity contribution in [3.8, 4) is 0 Å². The molecule has 1 aliphatic rings. The van der Waals surface area contributed by atoms with Gasteiger partial charge in [-0.05, 0) is 0 Å². The Morgan fingerprint density at radius 3 is 2.42 bits per heavy atom. The molecule has 5 heteroatoms. The Labute approximate surface area is 73.9 Å². The summed E-state index contributed by atoms with van der Waals surface area (Å²) < 4.78 is 22.0. The summed E-state index contributed by atoms with van der Waals surface area (Å²) in [4.78, 5) is 2.17. The molecule has 0 atom stereocenters. The van der Waals surface area contributed by atoms with Gasteiger partial charge in [-0.1, -0.05) is 0 Å². The number of hydrogen-bond acceptors (Lipinski definition) is 3. The minimum absolute atomic E-state index is 0.324. The molecule has 0 unspecified atom stereocenters. The third-order valence-electron chi connectivity index (χ3n) is 2.09. The van der Waals surface area contributed by atoms with Gasteiger partial charge in [0.05, 0.1) is 18.1 Å². The standard InChI is InChI=1S/C7H16N2O2S/c1-8-2-3-9-4-6-12(10,11)7-5-9/h1-8H2. The van der Waals surface area contributed by atoms with Crippen LogP contribution in [0.5, 0.6) is 0 Å². The van der Waals surface area contributed by atoms with E-state index in [1.807, 2.05) is 5.32 Å². The minimum atomic E-state index is -2.71. The van der Waals surface area contributed by atoms with Crippen LogP contribution in [0.4, 0.5) is 0 Å². The molecule has 0 aromatic carbocycles. The van der Waals surface area contributed by atoms with Crippen molar-refractivity contribution in [3.63, 3.8) is 0 Å². The Bertz CT molecular complexity index is 212. The van der Waals surface area contributed by atoms with Gasteiger partial charge >= 0.3 is 0 Å². The van der Waals surface area contributed by atoms with Crippen LogP contribution in [0, 0.1) is 7.05 Å². The van der Waals surface area contributed by atoms with E-state index in [9.17, 15) is 8.42 Å². The number of nitrogens with two attached hydrogens (primary N) is 1. The zero-order chi connectivity index (χ0) is 9.03. The zero-order valence-electron chi connectivity index (χ0n) is 7.20. The quantitative estimate of drug-likeness (QED) is 0.530. The molecule has 72 valence electrons. The summed E-state index contributed by atoms with van der Waals surface area (Å²) in [5.74, 6) is 0.647. The molecule has 1 fully saturated rings. The topological polar surface area (TPSA) is 54.0 Å². The van der Waals surface area contributed by atoms with E-state index in [0.29, 0.717) is 24.6 Å². The molecule has 0 amide bonds. The largest absolute Gasteiger partial charge is 0.478 e. The molecule has 1 rings (SSSR count). The third-order valence-corrected chi connectivity index (χ3v) is 3.70. The van der Waals surface area contributed by atoms with Crippen molar-refractivity contribution in [2.24, 2.45) is 0 Å². The number of rotatable bonds is 3. The van der Waals surface area contributed by atoms with E-state index in [4.69, 9.17) is 0 Å². The number of quaternary nitrogens is 1. The maximum absolute atomic E-state index is 11.0. The molecule has 0 spiro atoms. The van der Waals surface area contributed by atoms with Gasteiger partial charge in [0.15, 0.2) is 9.84 Å². The summed E-state index contributed by atoms with van der Waals surface area (Å²) in [6, 6.07) is 0. The molecule has 0 aromatic rings. The lowest BCUT2D eigenvalue weighted by molar-refractivity contribution is -0.595. The van der Waals surface area contributed by atoms with Gasteiger partial charge in [-0.25, -0.2) is 8.42 Å². The van der Waals surface area contributed by atoms with E-state index in [0.717, 1.165) is 13.1 Å². The molecule has 4 nitrogen and oxygen atoms in total. The first-order valence-electron chi connectivity index (χ1n) is 4.18. The van der Waals surface area contributed by atoms with Gasteiger partial charge in [0, 0.05) is 19.6 Å². The molecular weight excluding hydrogens is 176 g/mol. The van der Waals surface area contributed by atoms with Crippen molar-refractivity contribution >= 4 is 9.84 Å². The molecule has 1 aliphatic heterocycles. The van der Waals surface area contributed by atoms with Gasteiger partial charge in [0.1, 0.15) is 0 Å². The second-order valence-electron chi connectivity index (χ2n) is 3.07. The van der Waals surface area contributed by atoms with Crippen LogP contribution >= 0.6 is 0 Å². The molecule has 0 radical (unpaired) electrons. The van der Waals surface area contributed by atoms with Crippen LogP contribution in [0.2, 0.25) is 0 Å². The molecular formula is C7H16N2O2S. The smallest absolute Gasteiger partial charge is 0.152 e. The predicted octanol–water partition coefficient (Wildman–Crippen LogP) is -1.93. The first-order chi connectivity index (χ1) is 5.64. The lowest BCUT2D eigenvalue weighted by Crippen LogP contribution is -2.78. The van der Waals surface area contributed by atoms with Crippen LogP contribution < -0.4 is 5.32 Å². The molecule has 1 saturated heterocycles. The second-order valence-corrected chi connectivity index (χ2v) is 5.37. The highest BCUT2D eigenvalue weighted by Crippen LogP contribution is 2.01. The van der Waals surface area contributed by atoms with E-state index in [-0.39, 0.29) is 0 Å². The monoisotopic (exact) mass is 192 g/mol. The van der Waals surface area contributed by atoms with E-state index in [1.165, 1.54) is 0 Å². The summed E-state index contributed by atoms with van der Waals surface area (Å²) >= 11 is 0. The van der Waals surface area contributed by atoms with Crippen molar-refractivity contribution in [3.05, 3.63) is 7.05 Å². The van der Waals surface area contributed by atoms with Gasteiger partial charge < -0.3 is 5.32 Å². The lowest BCUT2D eigenvalue weighted by Gasteiger charge is -2.25. The van der Waals surface area contributed by atoms with Crippen molar-refractivity contribution in [2.45, 2.75) is 0 Å². The average molecular weight is 192 g/mol. The van der Waals surface area contributed by atoms with E-state index < -0.39 is 9.84 Å². The highest BCUT2D eigenvalue weighted by atomic mass is 32.2. The third kappa shape index (κ3) is 3.08. The van der Waals surface area contributed by atoms with E-state index in [1.54, 1.807) is 0 Å². The van der Waals surface area contributed by atoms with Gasteiger partial charge in [-0.3, -0.25) is 4.90 Å². The molecule has 0 aromatic heterocycles. The van der Waals surface area contributed by atoms with Crippen LogP contribution in [0.3, 0.4) is 0 Å². The number of hydrogen-bond donors (Lipinski definition) is 1. The Morgan fingerprint density at radius 1 is 1.33 bits per heavy atom. The van der Waals surface area contributed by atoms with Crippen molar-refractivity contribution in [1.82, 2.24) is 4.90 Å². The van der Waals surface area contributed by atoms with Gasteiger partial charge in [0.2, 0.25) is 0 Å². The zero-order valence-corrected chi connectivity index (χ0v) is 8.02. The Morgan fingerprint density at radius 2 is 1.92 bits per heavy atom. The van der Waals surface area contributed by atoms with Crippen LogP contribution in [0.15, 0.2) is 0 Å². The highest BCUT2D eigenvalue weighted by molar-refractivity contribution is 7.91. The Hall–Kier alpha value is -0.130. The first kappa shape index (κ1) is 9.95. The van der Waals surface area contributed by atoms with Crippen molar-refractivity contribution in [1.29, 1.82) is 0 Å². The summed E-state index contributed by atoms with van der Waals surface area (Å²) in [7, 11) is 0.921. The van der Waals surface area contributed by atoms with Crippen molar-refractivity contribution < 1.29 is 13.7 Å². The molecule has 1 heterocycles. The van der Waals surface area contributed by atoms with Crippen LogP contribution in [-0.4, -0.2) is 51.0 Å². The van der Waals surface area contributed by atoms with Gasteiger partial charge in [0.25, 0.3) is 0 Å². The predicted molar refractivity (Wildman–Crippen MR) is 47.2 cm³/mol. The Balaban J connectivity index is 2.27. The summed E-state index contributed by atoms with van der Waals surface area (Å²) in [5.41, 5.74) is 0. The fourth-order valence-electron chi connectivity index (χ4n) is 1.25. The van der Waals surface area contributed by atoms with Gasteiger partial charge in [-0.15, -0.1) is 0 Å². The molecule has 0 bridgehead atoms. The normalized spacial score (nSPS) is 24.1. The summed E-state index contributed by atoms with van der Waals surface area (Å²) in [5, 5.41) is 1.86. The maximum Gasteiger partial charge on any atom is 0.152 e. The summed E-state index contributed by atoms with van der Waals surface area (Å²) in [6.45, 7) is 3.27. The highest BCUT2D eigenvalue weighted by Gasteiger charge is 2.20. The number of nitrogens with zero attached hydrogens (tertiary/aromatic N) is 1. The van der Waals surface area contributed by atoms with Crippen LogP contribution in [0.25, 0.3) is 0 Å². The summed E-state index contributed by atoms with van der Waals surface area (Å²) in [6.07, 6.45) is 0. The fourth-order valence-corrected chi connectivity index (χ4v) is 2.52. The average Bonchev–Trinajstić information content (AvgIpc) is 2.03. The SMILES string of the molecule is [CH2-][NH2+]CCN1CCS(=O)(=O)CC1. The van der Waals surface area contributed by atoms with Crippen molar-refractivity contribution in [2.75, 3.05) is 37.7 Å². The minimum Gasteiger partial charge on any atom is -0.478 e. The molecule has 0 saturated carbocycles. The molecule has 12 heavy (non-hydrogen) atoms. The van der Waals surface area contributed by atoms with Crippen LogP contribution in [0.1, 0.15) is 0 Å². The number of sulfone groups is 1. The van der Waals surface area contributed by atoms with Gasteiger partial charge in [-0.2, -0.15) is 7.05 Å². The molecule has 0 aliphatic carbocycles. The van der Waals surface area contributed by atoms with Crippen LogP contribution in [-0.2, 0) is 9.84 Å². The maximum atomic E-state index is 11.0. The molecule has 2 N–H and O–H groups in total. The fraction of sp³-hybridized carbons (Fsp3) is 0.857. The first-order valence-corrected chi connectivity index (χ1v) is 6.00. The van der Waals surface area contributed by atoms with E-state index >= 15 is 0 Å². The van der Waals surface area contributed by atoms with E-state index in [2.05, 4.69) is 11.9 Å². The lowest BCUT2D eigenvalue weighted by atomic mass is 10.4. The Kier molecular flexibility index (Phi) is 3.49. The second kappa shape index (κ2) is 4.20.